The van der Waals surface area contributed by atoms with E-state index in [1.165, 1.54) is 16.0 Å². The summed E-state index contributed by atoms with van der Waals surface area (Å²) in [6.07, 6.45) is 0. The monoisotopic (exact) mass is 500 g/mol. The van der Waals surface area contributed by atoms with E-state index in [4.69, 9.17) is 0 Å². The molecule has 0 amide bonds. The van der Waals surface area contributed by atoms with Gasteiger partial charge < -0.3 is 0 Å². The fraction of sp³-hybridized carbons (Fsp3) is 0.167. The van der Waals surface area contributed by atoms with Crippen molar-refractivity contribution in [2.24, 2.45) is 0 Å². The Balaban J connectivity index is 2.42. The molecule has 0 spiro atoms. The van der Waals surface area contributed by atoms with Crippen molar-refractivity contribution in [3.05, 3.63) is 53.0 Å². The molecule has 0 fully saturated rings. The van der Waals surface area contributed by atoms with Gasteiger partial charge in [0.05, 0.1) is 8.61 Å². The quantitative estimate of drug-likeness (QED) is 0.394. The molecule has 0 saturated heterocycles. The molecule has 0 nitrogen and oxygen atoms in total. The summed E-state index contributed by atoms with van der Waals surface area (Å²) >= 11 is 16.1. The minimum Gasteiger partial charge on any atom is -0.131 e. The summed E-state index contributed by atoms with van der Waals surface area (Å²) in [5.41, 5.74) is 2.58. The molecule has 0 N–H and O–H groups in total. The molecular weight excluding hydrogens is 496 g/mol. The average molecular weight is 504 g/mol. The molecule has 1 heterocycles. The highest BCUT2D eigenvalue weighted by atomic mass is 79.9. The van der Waals surface area contributed by atoms with E-state index in [1.807, 2.05) is 0 Å². The minimum absolute atomic E-state index is 0.229. The Morgan fingerprint density at radius 1 is 1.12 bits per heavy atom. The van der Waals surface area contributed by atoms with Crippen molar-refractivity contribution < 1.29 is 0 Å². The first kappa shape index (κ1) is 14.3. The lowest BCUT2D eigenvalue weighted by atomic mass is 10.1. The van der Waals surface area contributed by atoms with Crippen molar-refractivity contribution >= 4 is 75.1 Å². The Hall–Kier alpha value is 0.840. The van der Waals surface area contributed by atoms with E-state index in [1.54, 1.807) is 11.3 Å². The van der Waals surface area contributed by atoms with Gasteiger partial charge in [-0.25, -0.2) is 0 Å². The topological polar surface area (TPSA) is 0 Å². The van der Waals surface area contributed by atoms with Crippen LogP contribution in [0.4, 0.5) is 0 Å². The third-order valence-corrected chi connectivity index (χ3v) is 7.53. The van der Waals surface area contributed by atoms with Crippen LogP contribution in [0.2, 0.25) is 0 Å². The van der Waals surface area contributed by atoms with Crippen LogP contribution in [0.3, 0.4) is 0 Å². The lowest BCUT2D eigenvalue weighted by Crippen LogP contribution is -1.93. The Labute approximate surface area is 138 Å². The van der Waals surface area contributed by atoms with Gasteiger partial charge in [0.1, 0.15) is 0 Å². The molecule has 0 radical (unpaired) electrons. The molecule has 0 bridgehead atoms. The van der Waals surface area contributed by atoms with E-state index in [0.717, 1.165) is 12.7 Å². The van der Waals surface area contributed by atoms with Gasteiger partial charge in [-0.15, -0.1) is 11.3 Å². The molecule has 90 valence electrons. The maximum absolute atomic E-state index is 3.77. The first-order chi connectivity index (χ1) is 7.99. The van der Waals surface area contributed by atoms with Crippen LogP contribution in [-0.4, -0.2) is 0 Å². The van der Waals surface area contributed by atoms with Crippen LogP contribution in [0.25, 0.3) is 0 Å². The number of alkyl halides is 1. The zero-order chi connectivity index (χ0) is 12.6. The van der Waals surface area contributed by atoms with Crippen LogP contribution >= 0.6 is 75.1 Å². The fourth-order valence-corrected chi connectivity index (χ4v) is 4.90. The van der Waals surface area contributed by atoms with Gasteiger partial charge in [0.25, 0.3) is 0 Å². The maximum Gasteiger partial charge on any atom is 0.0843 e. The minimum atomic E-state index is 0.229. The molecule has 0 saturated carbocycles. The van der Waals surface area contributed by atoms with Crippen molar-refractivity contribution in [2.45, 2.75) is 11.8 Å². The van der Waals surface area contributed by atoms with Crippen molar-refractivity contribution in [1.29, 1.82) is 0 Å². The SMILES string of the molecule is Cc1ccc(Br)cc1C(Br)c1cc(Br)c(Br)s1. The third-order valence-electron chi connectivity index (χ3n) is 2.43. The molecule has 5 heteroatoms. The first-order valence-electron chi connectivity index (χ1n) is 4.84. The van der Waals surface area contributed by atoms with Crippen LogP contribution in [0.15, 0.2) is 37.0 Å². The van der Waals surface area contributed by atoms with Gasteiger partial charge in [0.2, 0.25) is 0 Å². The van der Waals surface area contributed by atoms with Crippen LogP contribution in [0.5, 0.6) is 0 Å². The highest BCUT2D eigenvalue weighted by Crippen LogP contribution is 2.42. The van der Waals surface area contributed by atoms with Gasteiger partial charge in [0, 0.05) is 13.8 Å². The summed E-state index contributed by atoms with van der Waals surface area (Å²) in [7, 11) is 0. The van der Waals surface area contributed by atoms with Crippen molar-refractivity contribution in [1.82, 2.24) is 0 Å². The van der Waals surface area contributed by atoms with Gasteiger partial charge in [0.15, 0.2) is 0 Å². The number of hydrogen-bond acceptors (Lipinski definition) is 1. The van der Waals surface area contributed by atoms with Gasteiger partial charge in [-0.1, -0.05) is 37.9 Å². The number of halogens is 4. The zero-order valence-corrected chi connectivity index (χ0v) is 16.0. The molecule has 1 unspecified atom stereocenters. The van der Waals surface area contributed by atoms with E-state index in [-0.39, 0.29) is 4.83 Å². The second kappa shape index (κ2) is 5.87. The molecule has 2 aromatic rings. The van der Waals surface area contributed by atoms with E-state index in [2.05, 4.69) is 94.9 Å². The summed E-state index contributed by atoms with van der Waals surface area (Å²) < 4.78 is 3.34. The molecule has 1 aromatic heterocycles. The van der Waals surface area contributed by atoms with Gasteiger partial charge in [-0.3, -0.25) is 0 Å². The van der Waals surface area contributed by atoms with Crippen molar-refractivity contribution in [3.8, 4) is 0 Å². The third kappa shape index (κ3) is 3.24. The zero-order valence-electron chi connectivity index (χ0n) is 8.81. The number of hydrogen-bond donors (Lipinski definition) is 0. The van der Waals surface area contributed by atoms with Gasteiger partial charge >= 0.3 is 0 Å². The molecule has 1 atom stereocenters. The van der Waals surface area contributed by atoms with Crippen molar-refractivity contribution in [2.75, 3.05) is 0 Å². The first-order valence-corrected chi connectivity index (χ1v) is 8.95. The summed E-state index contributed by atoms with van der Waals surface area (Å²) in [6, 6.07) is 8.51. The normalized spacial score (nSPS) is 12.8. The smallest absolute Gasteiger partial charge is 0.0843 e. The Morgan fingerprint density at radius 3 is 2.41 bits per heavy atom. The molecule has 1 aromatic carbocycles. The molecular formula is C12H8Br4S. The number of rotatable bonds is 2. The number of thiophene rings is 1. The molecule has 0 aliphatic heterocycles. The highest BCUT2D eigenvalue weighted by Gasteiger charge is 2.16. The van der Waals surface area contributed by atoms with Gasteiger partial charge in [-0.05, 0) is 68.1 Å². The Morgan fingerprint density at radius 2 is 1.82 bits per heavy atom. The van der Waals surface area contributed by atoms with E-state index in [0.29, 0.717) is 0 Å². The Bertz CT molecular complexity index is 528. The summed E-state index contributed by atoms with van der Waals surface area (Å²) in [6.45, 7) is 2.13. The number of aryl methyl sites for hydroxylation is 1. The van der Waals surface area contributed by atoms with Crippen LogP contribution in [-0.2, 0) is 0 Å². The summed E-state index contributed by atoms with van der Waals surface area (Å²) in [5.74, 6) is 0. The average Bonchev–Trinajstić information content (AvgIpc) is 2.62. The lowest BCUT2D eigenvalue weighted by molar-refractivity contribution is 1.17. The Kier molecular flexibility index (Phi) is 4.92. The molecule has 0 aliphatic carbocycles. The molecule has 2 rings (SSSR count). The predicted molar refractivity (Wildman–Crippen MR) is 89.4 cm³/mol. The van der Waals surface area contributed by atoms with E-state index >= 15 is 0 Å². The number of benzene rings is 1. The fourth-order valence-electron chi connectivity index (χ4n) is 1.53. The largest absolute Gasteiger partial charge is 0.131 e. The summed E-state index contributed by atoms with van der Waals surface area (Å²) in [5, 5.41) is 0. The van der Waals surface area contributed by atoms with Crippen LogP contribution < -0.4 is 0 Å². The summed E-state index contributed by atoms with van der Waals surface area (Å²) in [4.78, 5) is 1.51. The van der Waals surface area contributed by atoms with E-state index in [9.17, 15) is 0 Å². The molecule has 0 aliphatic rings. The van der Waals surface area contributed by atoms with Crippen LogP contribution in [0.1, 0.15) is 20.8 Å². The van der Waals surface area contributed by atoms with E-state index < -0.39 is 0 Å². The predicted octanol–water partition coefficient (Wildman–Crippen LogP) is 6.83. The lowest BCUT2D eigenvalue weighted by Gasteiger charge is -2.11. The molecule has 17 heavy (non-hydrogen) atoms. The van der Waals surface area contributed by atoms with Crippen LogP contribution in [0, 0.1) is 6.92 Å². The van der Waals surface area contributed by atoms with Crippen molar-refractivity contribution in [3.63, 3.8) is 0 Å². The second-order valence-electron chi connectivity index (χ2n) is 3.63. The second-order valence-corrected chi connectivity index (χ2v) is 8.72. The van der Waals surface area contributed by atoms with Gasteiger partial charge in [-0.2, -0.15) is 0 Å². The maximum atomic E-state index is 3.77. The highest BCUT2D eigenvalue weighted by molar-refractivity contribution is 9.13. The standard InChI is InChI=1S/C12H8Br4S/c1-6-2-3-7(13)4-8(6)11(15)10-5-9(14)12(16)17-10/h2-5,11H,1H3.